The van der Waals surface area contributed by atoms with Crippen LogP contribution in [0.3, 0.4) is 0 Å². The monoisotopic (exact) mass is 350 g/mol. The molecule has 1 saturated heterocycles. The Kier molecular flexibility index (Phi) is 4.85. The molecule has 0 radical (unpaired) electrons. The molecule has 0 amide bonds. The normalized spacial score (nSPS) is 16.8. The van der Waals surface area contributed by atoms with E-state index >= 15 is 0 Å². The maximum Gasteiger partial charge on any atom is 0.417 e. The van der Waals surface area contributed by atoms with Crippen LogP contribution in [-0.2, 0) is 6.18 Å². The van der Waals surface area contributed by atoms with Crippen LogP contribution in [0.5, 0.6) is 0 Å². The lowest BCUT2D eigenvalue weighted by atomic mass is 9.98. The van der Waals surface area contributed by atoms with Crippen LogP contribution in [0.1, 0.15) is 24.1 Å². The van der Waals surface area contributed by atoms with Gasteiger partial charge in [-0.25, -0.2) is 0 Å². The molecule has 134 valence electrons. The molecule has 1 aliphatic heterocycles. The summed E-state index contributed by atoms with van der Waals surface area (Å²) in [5, 5.41) is 10.1. The van der Waals surface area contributed by atoms with E-state index in [0.717, 1.165) is 32.0 Å². The van der Waals surface area contributed by atoms with Crippen molar-refractivity contribution < 1.29 is 13.2 Å². The number of nitrogens with one attached hydrogen (secondary N) is 2. The largest absolute Gasteiger partial charge is 0.417 e. The van der Waals surface area contributed by atoms with Crippen molar-refractivity contribution in [1.29, 1.82) is 0 Å². The van der Waals surface area contributed by atoms with E-state index in [-0.39, 0.29) is 11.6 Å². The molecule has 2 heterocycles. The molecule has 3 rings (SSSR count). The fourth-order valence-electron chi connectivity index (χ4n) is 3.16. The van der Waals surface area contributed by atoms with E-state index in [4.69, 9.17) is 0 Å². The Morgan fingerprint density at radius 1 is 1.24 bits per heavy atom. The second-order valence-electron chi connectivity index (χ2n) is 6.39. The van der Waals surface area contributed by atoms with Gasteiger partial charge in [-0.15, -0.1) is 0 Å². The van der Waals surface area contributed by atoms with Crippen LogP contribution in [0, 0.1) is 0 Å². The van der Waals surface area contributed by atoms with E-state index < -0.39 is 11.7 Å². The van der Waals surface area contributed by atoms with Gasteiger partial charge in [0.2, 0.25) is 0 Å². The Balaban J connectivity index is 1.85. The standard InChI is InChI=1S/C18H21F3N4/c1-12(23-13-7-9-25(2)10-8-13)17-15(11-22-24-17)14-5-3-4-6-16(14)18(19,20)21/h3-6,11,13,23H,1,7-10H2,2H3,(H,22,24). The average molecular weight is 350 g/mol. The number of H-pyrrole nitrogens is 1. The lowest BCUT2D eigenvalue weighted by Crippen LogP contribution is -2.40. The van der Waals surface area contributed by atoms with Gasteiger partial charge in [0.15, 0.2) is 0 Å². The van der Waals surface area contributed by atoms with Crippen molar-refractivity contribution in [3.63, 3.8) is 0 Å². The summed E-state index contributed by atoms with van der Waals surface area (Å²) in [4.78, 5) is 2.25. The molecule has 1 aromatic heterocycles. The zero-order chi connectivity index (χ0) is 18.0. The molecule has 0 aliphatic carbocycles. The molecule has 0 spiro atoms. The van der Waals surface area contributed by atoms with E-state index in [9.17, 15) is 13.2 Å². The third kappa shape index (κ3) is 3.87. The highest BCUT2D eigenvalue weighted by atomic mass is 19.4. The summed E-state index contributed by atoms with van der Waals surface area (Å²) in [6, 6.07) is 5.77. The number of alkyl halides is 3. The summed E-state index contributed by atoms with van der Waals surface area (Å²) in [7, 11) is 2.07. The second-order valence-corrected chi connectivity index (χ2v) is 6.39. The Hall–Kier alpha value is -2.28. The zero-order valence-electron chi connectivity index (χ0n) is 14.0. The minimum atomic E-state index is -4.42. The first kappa shape index (κ1) is 17.5. The van der Waals surface area contributed by atoms with Crippen LogP contribution in [-0.4, -0.2) is 41.3 Å². The summed E-state index contributed by atoms with van der Waals surface area (Å²) in [6.07, 6.45) is -1.00. The van der Waals surface area contributed by atoms with Gasteiger partial charge in [-0.1, -0.05) is 24.8 Å². The topological polar surface area (TPSA) is 44.0 Å². The van der Waals surface area contributed by atoms with Gasteiger partial charge in [0.1, 0.15) is 5.69 Å². The molecule has 0 saturated carbocycles. The minimum absolute atomic E-state index is 0.102. The molecule has 25 heavy (non-hydrogen) atoms. The van der Waals surface area contributed by atoms with Crippen LogP contribution in [0.25, 0.3) is 16.8 Å². The van der Waals surface area contributed by atoms with E-state index in [2.05, 4.69) is 34.0 Å². The maximum absolute atomic E-state index is 13.3. The number of hydrogen-bond acceptors (Lipinski definition) is 3. The third-order valence-electron chi connectivity index (χ3n) is 4.55. The van der Waals surface area contributed by atoms with Crippen molar-refractivity contribution in [2.45, 2.75) is 25.1 Å². The molecular weight excluding hydrogens is 329 g/mol. The van der Waals surface area contributed by atoms with Gasteiger partial charge in [-0.2, -0.15) is 18.3 Å². The number of nitrogens with zero attached hydrogens (tertiary/aromatic N) is 2. The highest BCUT2D eigenvalue weighted by molar-refractivity contribution is 5.79. The number of hydrogen-bond donors (Lipinski definition) is 2. The van der Waals surface area contributed by atoms with Gasteiger partial charge in [0.05, 0.1) is 11.3 Å². The summed E-state index contributed by atoms with van der Waals surface area (Å²) >= 11 is 0. The molecule has 0 bridgehead atoms. The predicted octanol–water partition coefficient (Wildman–Crippen LogP) is 3.75. The van der Waals surface area contributed by atoms with Gasteiger partial charge < -0.3 is 10.2 Å². The molecule has 2 N–H and O–H groups in total. The van der Waals surface area contributed by atoms with Gasteiger partial charge >= 0.3 is 6.18 Å². The summed E-state index contributed by atoms with van der Waals surface area (Å²) < 4.78 is 39.9. The Morgan fingerprint density at radius 2 is 1.92 bits per heavy atom. The number of piperidine rings is 1. The first-order valence-electron chi connectivity index (χ1n) is 8.21. The quantitative estimate of drug-likeness (QED) is 0.883. The average Bonchev–Trinajstić information content (AvgIpc) is 3.06. The predicted molar refractivity (Wildman–Crippen MR) is 91.7 cm³/mol. The van der Waals surface area contributed by atoms with Crippen molar-refractivity contribution in [1.82, 2.24) is 20.4 Å². The summed E-state index contributed by atoms with van der Waals surface area (Å²) in [5.74, 6) is 0. The van der Waals surface area contributed by atoms with Crippen molar-refractivity contribution >= 4 is 5.70 Å². The molecule has 2 aromatic rings. The minimum Gasteiger partial charge on any atom is -0.381 e. The number of halogens is 3. The lowest BCUT2D eigenvalue weighted by Gasteiger charge is -2.30. The van der Waals surface area contributed by atoms with Crippen LogP contribution in [0.15, 0.2) is 37.0 Å². The van der Waals surface area contributed by atoms with Gasteiger partial charge in [-0.3, -0.25) is 5.10 Å². The van der Waals surface area contributed by atoms with E-state index in [0.29, 0.717) is 17.0 Å². The van der Waals surface area contributed by atoms with Crippen molar-refractivity contribution in [2.24, 2.45) is 0 Å². The number of rotatable bonds is 4. The van der Waals surface area contributed by atoms with Crippen molar-refractivity contribution in [3.8, 4) is 11.1 Å². The van der Waals surface area contributed by atoms with Crippen LogP contribution >= 0.6 is 0 Å². The molecular formula is C18H21F3N4. The molecule has 1 fully saturated rings. The fraction of sp³-hybridized carbons (Fsp3) is 0.389. The van der Waals surface area contributed by atoms with Gasteiger partial charge in [0, 0.05) is 17.8 Å². The van der Waals surface area contributed by atoms with Crippen molar-refractivity contribution in [3.05, 3.63) is 48.3 Å². The number of benzene rings is 1. The Bertz CT molecular complexity index is 743. The SMILES string of the molecule is C=C(NC1CCN(C)CC1)c1n[nH]cc1-c1ccccc1C(F)(F)F. The van der Waals surface area contributed by atoms with E-state index in [1.807, 2.05) is 0 Å². The summed E-state index contributed by atoms with van der Waals surface area (Å²) in [6.45, 7) is 5.96. The molecule has 1 aromatic carbocycles. The first-order valence-corrected chi connectivity index (χ1v) is 8.21. The van der Waals surface area contributed by atoms with Crippen LogP contribution in [0.4, 0.5) is 13.2 Å². The Labute approximate surface area is 144 Å². The highest BCUT2D eigenvalue weighted by Gasteiger charge is 2.34. The molecule has 4 nitrogen and oxygen atoms in total. The second kappa shape index (κ2) is 6.92. The van der Waals surface area contributed by atoms with Gasteiger partial charge in [0.25, 0.3) is 0 Å². The molecule has 1 aliphatic rings. The van der Waals surface area contributed by atoms with E-state index in [1.165, 1.54) is 18.3 Å². The summed E-state index contributed by atoms with van der Waals surface area (Å²) in [5.41, 5.74) is 0.798. The maximum atomic E-state index is 13.3. The molecule has 0 atom stereocenters. The number of aromatic amines is 1. The number of likely N-dealkylation sites (tertiary alicyclic amines) is 1. The smallest absolute Gasteiger partial charge is 0.381 e. The number of aromatic nitrogens is 2. The Morgan fingerprint density at radius 3 is 2.60 bits per heavy atom. The molecule has 7 heteroatoms. The van der Waals surface area contributed by atoms with E-state index in [1.54, 1.807) is 6.07 Å². The highest BCUT2D eigenvalue weighted by Crippen LogP contribution is 2.38. The lowest BCUT2D eigenvalue weighted by molar-refractivity contribution is -0.137. The van der Waals surface area contributed by atoms with Crippen LogP contribution in [0.2, 0.25) is 0 Å². The fourth-order valence-corrected chi connectivity index (χ4v) is 3.16. The third-order valence-corrected chi connectivity index (χ3v) is 4.55. The zero-order valence-corrected chi connectivity index (χ0v) is 14.0. The first-order chi connectivity index (χ1) is 11.9. The van der Waals surface area contributed by atoms with Gasteiger partial charge in [-0.05, 0) is 44.6 Å². The molecule has 0 unspecified atom stereocenters. The van der Waals surface area contributed by atoms with Crippen molar-refractivity contribution in [2.75, 3.05) is 20.1 Å². The van der Waals surface area contributed by atoms with Crippen LogP contribution < -0.4 is 5.32 Å².